The van der Waals surface area contributed by atoms with Gasteiger partial charge in [-0.05, 0) is 49.4 Å². The molecule has 1 atom stereocenters. The van der Waals surface area contributed by atoms with Crippen molar-refractivity contribution in [2.24, 2.45) is 0 Å². The van der Waals surface area contributed by atoms with Gasteiger partial charge in [0.15, 0.2) is 0 Å². The fourth-order valence-electron chi connectivity index (χ4n) is 4.24. The topological polar surface area (TPSA) is 69.7 Å². The summed E-state index contributed by atoms with van der Waals surface area (Å²) in [6.07, 6.45) is 0. The van der Waals surface area contributed by atoms with Crippen molar-refractivity contribution in [2.45, 2.75) is 33.4 Å². The molecule has 6 heteroatoms. The Bertz CT molecular complexity index is 1200. The molecule has 0 saturated carbocycles. The number of amides is 3. The summed E-state index contributed by atoms with van der Waals surface area (Å²) in [5.41, 5.74) is 3.35. The Kier molecular flexibility index (Phi) is 5.95. The van der Waals surface area contributed by atoms with E-state index in [0.717, 1.165) is 27.6 Å². The molecule has 6 nitrogen and oxygen atoms in total. The van der Waals surface area contributed by atoms with E-state index in [1.165, 1.54) is 4.90 Å². The van der Waals surface area contributed by atoms with Gasteiger partial charge in [0, 0.05) is 24.0 Å². The van der Waals surface area contributed by atoms with Crippen LogP contribution in [0.3, 0.4) is 0 Å². The molecular formula is C26H27N3O3. The van der Waals surface area contributed by atoms with E-state index >= 15 is 0 Å². The zero-order chi connectivity index (χ0) is 22.8. The quantitative estimate of drug-likeness (QED) is 0.623. The molecule has 0 fully saturated rings. The Morgan fingerprint density at radius 3 is 2.47 bits per heavy atom. The lowest BCUT2D eigenvalue weighted by molar-refractivity contribution is -0.139. The highest BCUT2D eigenvalue weighted by atomic mass is 16.2. The van der Waals surface area contributed by atoms with Gasteiger partial charge in [-0.3, -0.25) is 19.3 Å². The molecule has 32 heavy (non-hydrogen) atoms. The molecule has 0 radical (unpaired) electrons. The Hall–Kier alpha value is -3.67. The highest BCUT2D eigenvalue weighted by molar-refractivity contribution is 6.26. The first kappa shape index (κ1) is 21.6. The van der Waals surface area contributed by atoms with Gasteiger partial charge in [-0.2, -0.15) is 0 Å². The average molecular weight is 430 g/mol. The number of carbonyl (C=O) groups is 3. The summed E-state index contributed by atoms with van der Waals surface area (Å²) in [7, 11) is 0. The van der Waals surface area contributed by atoms with E-state index < -0.39 is 6.04 Å². The number of hydrogen-bond donors (Lipinski definition) is 1. The van der Waals surface area contributed by atoms with Gasteiger partial charge in [-0.1, -0.05) is 48.5 Å². The van der Waals surface area contributed by atoms with E-state index in [1.807, 2.05) is 68.4 Å². The maximum Gasteiger partial charge on any atom is 0.259 e. The summed E-state index contributed by atoms with van der Waals surface area (Å²) in [4.78, 5) is 42.4. The zero-order valence-electron chi connectivity index (χ0n) is 18.6. The van der Waals surface area contributed by atoms with Crippen molar-refractivity contribution in [2.75, 3.05) is 18.0 Å². The number of anilines is 1. The zero-order valence-corrected chi connectivity index (χ0v) is 18.6. The summed E-state index contributed by atoms with van der Waals surface area (Å²) >= 11 is 0. The van der Waals surface area contributed by atoms with Crippen LogP contribution in [0.1, 0.15) is 35.3 Å². The molecule has 1 aliphatic heterocycles. The molecule has 0 spiro atoms. The van der Waals surface area contributed by atoms with Crippen molar-refractivity contribution in [3.63, 3.8) is 0 Å². The second-order valence-electron chi connectivity index (χ2n) is 8.09. The van der Waals surface area contributed by atoms with Crippen molar-refractivity contribution >= 4 is 34.2 Å². The molecule has 1 N–H and O–H groups in total. The van der Waals surface area contributed by atoms with Crippen LogP contribution in [0.25, 0.3) is 10.8 Å². The Morgan fingerprint density at radius 1 is 1.03 bits per heavy atom. The molecule has 0 saturated heterocycles. The number of aryl methyl sites for hydroxylation is 1. The highest BCUT2D eigenvalue weighted by Gasteiger charge is 2.34. The van der Waals surface area contributed by atoms with Crippen molar-refractivity contribution in [3.05, 3.63) is 77.4 Å². The largest absolute Gasteiger partial charge is 0.355 e. The number of likely N-dealkylation sites (N-methyl/N-ethyl adjacent to an activating group) is 1. The Balaban J connectivity index is 1.64. The normalized spacial score (nSPS) is 13.3. The number of benzene rings is 3. The Labute approximate surface area is 187 Å². The molecule has 1 heterocycles. The third-order valence-electron chi connectivity index (χ3n) is 6.06. The van der Waals surface area contributed by atoms with Gasteiger partial charge in [0.05, 0.1) is 5.69 Å². The molecule has 0 bridgehead atoms. The smallest absolute Gasteiger partial charge is 0.259 e. The minimum absolute atomic E-state index is 0.123. The molecule has 3 aromatic carbocycles. The number of rotatable bonds is 7. The predicted octanol–water partition coefficient (Wildman–Crippen LogP) is 3.66. The molecule has 3 amide bonds. The van der Waals surface area contributed by atoms with Crippen molar-refractivity contribution < 1.29 is 14.4 Å². The fraction of sp³-hybridized carbons (Fsp3) is 0.269. The van der Waals surface area contributed by atoms with Gasteiger partial charge >= 0.3 is 0 Å². The standard InChI is InChI=1S/C26H27N3O3/c1-4-27-25(31)18(3)28(15-20-10-6-5-9-17(20)2)23(30)16-29-22-14-8-12-19-11-7-13-21(24(19)22)26(29)32/h5-14,18H,4,15-16H2,1-3H3,(H,27,31)/t18-/m1/s1. The average Bonchev–Trinajstić information content (AvgIpc) is 3.06. The molecule has 4 rings (SSSR count). The van der Waals surface area contributed by atoms with Crippen LogP contribution < -0.4 is 10.2 Å². The van der Waals surface area contributed by atoms with Crippen molar-refractivity contribution in [1.82, 2.24) is 10.2 Å². The minimum Gasteiger partial charge on any atom is -0.355 e. The number of nitrogens with zero attached hydrogens (tertiary/aromatic N) is 2. The van der Waals surface area contributed by atoms with Crippen molar-refractivity contribution in [1.29, 1.82) is 0 Å². The molecule has 164 valence electrons. The monoisotopic (exact) mass is 429 g/mol. The van der Waals surface area contributed by atoms with Gasteiger partial charge in [-0.25, -0.2) is 0 Å². The lowest BCUT2D eigenvalue weighted by Crippen LogP contribution is -2.51. The van der Waals surface area contributed by atoms with E-state index in [-0.39, 0.29) is 24.3 Å². The van der Waals surface area contributed by atoms with Crippen LogP contribution in [0.2, 0.25) is 0 Å². The molecule has 1 aliphatic rings. The number of hydrogen-bond acceptors (Lipinski definition) is 3. The lowest BCUT2D eigenvalue weighted by Gasteiger charge is -2.31. The SMILES string of the molecule is CCNC(=O)[C@@H](C)N(Cc1ccccc1C)C(=O)CN1C(=O)c2cccc3cccc1c23. The van der Waals surface area contributed by atoms with E-state index in [1.54, 1.807) is 17.9 Å². The van der Waals surface area contributed by atoms with Gasteiger partial charge in [0.1, 0.15) is 12.6 Å². The first-order valence-corrected chi connectivity index (χ1v) is 10.9. The molecule has 0 unspecified atom stereocenters. The van der Waals surface area contributed by atoms with E-state index in [2.05, 4.69) is 5.32 Å². The van der Waals surface area contributed by atoms with Crippen LogP contribution in [0.5, 0.6) is 0 Å². The van der Waals surface area contributed by atoms with Crippen LogP contribution in [0.4, 0.5) is 5.69 Å². The van der Waals surface area contributed by atoms with Gasteiger partial charge in [0.25, 0.3) is 5.91 Å². The van der Waals surface area contributed by atoms with E-state index in [0.29, 0.717) is 18.7 Å². The van der Waals surface area contributed by atoms with E-state index in [9.17, 15) is 14.4 Å². The first-order valence-electron chi connectivity index (χ1n) is 10.9. The maximum atomic E-state index is 13.5. The van der Waals surface area contributed by atoms with Crippen LogP contribution >= 0.6 is 0 Å². The second kappa shape index (κ2) is 8.83. The minimum atomic E-state index is -0.669. The second-order valence-corrected chi connectivity index (χ2v) is 8.09. The van der Waals surface area contributed by atoms with Crippen molar-refractivity contribution in [3.8, 4) is 0 Å². The van der Waals surface area contributed by atoms with Gasteiger partial charge in [-0.15, -0.1) is 0 Å². The van der Waals surface area contributed by atoms with Crippen LogP contribution in [0.15, 0.2) is 60.7 Å². The van der Waals surface area contributed by atoms with Gasteiger partial charge < -0.3 is 10.2 Å². The van der Waals surface area contributed by atoms with Crippen LogP contribution in [-0.4, -0.2) is 41.8 Å². The molecule has 3 aromatic rings. The molecule has 0 aliphatic carbocycles. The molecular weight excluding hydrogens is 402 g/mol. The summed E-state index contributed by atoms with van der Waals surface area (Å²) in [6.45, 7) is 6.21. The maximum absolute atomic E-state index is 13.5. The Morgan fingerprint density at radius 2 is 1.75 bits per heavy atom. The lowest BCUT2D eigenvalue weighted by atomic mass is 10.1. The summed E-state index contributed by atoms with van der Waals surface area (Å²) in [5.74, 6) is -0.676. The van der Waals surface area contributed by atoms with Crippen LogP contribution in [-0.2, 0) is 16.1 Å². The highest BCUT2D eigenvalue weighted by Crippen LogP contribution is 2.37. The first-order chi connectivity index (χ1) is 15.4. The summed E-state index contributed by atoms with van der Waals surface area (Å²) in [6, 6.07) is 18.5. The predicted molar refractivity (Wildman–Crippen MR) is 125 cm³/mol. The number of nitrogens with one attached hydrogen (secondary N) is 1. The summed E-state index contributed by atoms with van der Waals surface area (Å²) in [5, 5.41) is 4.64. The third-order valence-corrected chi connectivity index (χ3v) is 6.06. The third kappa shape index (κ3) is 3.84. The summed E-state index contributed by atoms with van der Waals surface area (Å²) < 4.78 is 0. The van der Waals surface area contributed by atoms with Gasteiger partial charge in [0.2, 0.25) is 11.8 Å². The number of carbonyl (C=O) groups excluding carboxylic acids is 3. The fourth-order valence-corrected chi connectivity index (χ4v) is 4.24. The molecule has 0 aromatic heterocycles. The van der Waals surface area contributed by atoms with Crippen LogP contribution in [0, 0.1) is 6.92 Å². The van der Waals surface area contributed by atoms with E-state index in [4.69, 9.17) is 0 Å².